The van der Waals surface area contributed by atoms with Gasteiger partial charge in [-0.1, -0.05) is 0 Å². The van der Waals surface area contributed by atoms with E-state index in [0.29, 0.717) is 5.56 Å². The quantitative estimate of drug-likeness (QED) is 0.592. The van der Waals surface area contributed by atoms with Crippen LogP contribution in [0.15, 0.2) is 18.2 Å². The summed E-state index contributed by atoms with van der Waals surface area (Å²) in [7, 11) is 0. The first-order valence-corrected chi connectivity index (χ1v) is 4.08. The minimum absolute atomic E-state index is 0.155. The predicted molar refractivity (Wildman–Crippen MR) is 50.5 cm³/mol. The van der Waals surface area contributed by atoms with Crippen LogP contribution < -0.4 is 0 Å². The van der Waals surface area contributed by atoms with Gasteiger partial charge in [0, 0.05) is 18.7 Å². The van der Waals surface area contributed by atoms with E-state index in [0.717, 1.165) is 6.07 Å². The highest BCUT2D eigenvalue weighted by Crippen LogP contribution is 2.22. The summed E-state index contributed by atoms with van der Waals surface area (Å²) in [5.74, 6) is 0. The average Bonchev–Trinajstić information content (AvgIpc) is 2.17. The van der Waals surface area contributed by atoms with E-state index in [-0.39, 0.29) is 24.4 Å². The number of non-ortho nitro benzene ring substituents is 2. The van der Waals surface area contributed by atoms with Crippen molar-refractivity contribution in [1.82, 2.24) is 0 Å². The van der Waals surface area contributed by atoms with Crippen LogP contribution in [0.2, 0.25) is 0 Å². The minimum atomic E-state index is -0.701. The Hall–Kier alpha value is -2.02. The molecule has 0 amide bonds. The summed E-state index contributed by atoms with van der Waals surface area (Å²) in [4.78, 5) is 19.5. The molecule has 0 atom stereocenters. The van der Waals surface area contributed by atoms with E-state index in [1.165, 1.54) is 12.1 Å². The molecule has 15 heavy (non-hydrogen) atoms. The summed E-state index contributed by atoms with van der Waals surface area (Å²) in [6.45, 7) is -0.210. The number of benzene rings is 1. The molecule has 1 N–H and O–H groups in total. The van der Waals surface area contributed by atoms with Crippen molar-refractivity contribution < 1.29 is 15.0 Å². The smallest absolute Gasteiger partial charge is 0.276 e. The molecule has 0 aliphatic rings. The standard InChI is InChI=1S/C8H8N2O5/c11-2-1-6-3-7(9(12)13)5-8(4-6)10(14)15/h3-5,11H,1-2H2. The van der Waals surface area contributed by atoms with Crippen molar-refractivity contribution in [2.45, 2.75) is 6.42 Å². The van der Waals surface area contributed by atoms with Crippen LogP contribution in [0.1, 0.15) is 5.56 Å². The molecule has 0 fully saturated rings. The van der Waals surface area contributed by atoms with Gasteiger partial charge in [-0.15, -0.1) is 0 Å². The van der Waals surface area contributed by atoms with Gasteiger partial charge in [0.2, 0.25) is 0 Å². The second-order valence-corrected chi connectivity index (χ2v) is 2.85. The Morgan fingerprint density at radius 1 is 1.07 bits per heavy atom. The van der Waals surface area contributed by atoms with Gasteiger partial charge < -0.3 is 5.11 Å². The van der Waals surface area contributed by atoms with Crippen LogP contribution in [0.25, 0.3) is 0 Å². The van der Waals surface area contributed by atoms with Gasteiger partial charge in [0.1, 0.15) is 0 Å². The number of hydrogen-bond acceptors (Lipinski definition) is 5. The topological polar surface area (TPSA) is 107 Å². The Kier molecular flexibility index (Phi) is 3.29. The Morgan fingerprint density at radius 2 is 1.53 bits per heavy atom. The zero-order valence-electron chi connectivity index (χ0n) is 7.62. The van der Waals surface area contributed by atoms with E-state index in [4.69, 9.17) is 5.11 Å². The molecule has 0 heterocycles. The second-order valence-electron chi connectivity index (χ2n) is 2.85. The Bertz CT molecular complexity index is 372. The van der Waals surface area contributed by atoms with Crippen molar-refractivity contribution in [3.8, 4) is 0 Å². The van der Waals surface area contributed by atoms with Crippen LogP contribution in [0, 0.1) is 20.2 Å². The summed E-state index contributed by atoms with van der Waals surface area (Å²) in [6.07, 6.45) is 0.155. The van der Waals surface area contributed by atoms with E-state index in [2.05, 4.69) is 0 Å². The first kappa shape index (κ1) is 11.1. The predicted octanol–water partition coefficient (Wildman–Crippen LogP) is 1.04. The molecule has 0 bridgehead atoms. The number of nitro groups is 2. The lowest BCUT2D eigenvalue weighted by molar-refractivity contribution is -0.394. The van der Waals surface area contributed by atoms with Crippen molar-refractivity contribution in [3.05, 3.63) is 44.0 Å². The van der Waals surface area contributed by atoms with Gasteiger partial charge in [0.25, 0.3) is 11.4 Å². The summed E-state index contributed by atoms with van der Waals surface area (Å²) in [6, 6.07) is 3.31. The van der Waals surface area contributed by atoms with E-state index < -0.39 is 9.85 Å². The molecule has 0 aromatic heterocycles. The Balaban J connectivity index is 3.19. The molecule has 0 saturated heterocycles. The number of nitrogens with zero attached hydrogens (tertiary/aromatic N) is 2. The van der Waals surface area contributed by atoms with Gasteiger partial charge in [-0.25, -0.2) is 0 Å². The van der Waals surface area contributed by atoms with Gasteiger partial charge in [0.15, 0.2) is 0 Å². The molecule has 0 aliphatic carbocycles. The van der Waals surface area contributed by atoms with Gasteiger partial charge >= 0.3 is 0 Å². The van der Waals surface area contributed by atoms with Crippen LogP contribution in [-0.4, -0.2) is 21.6 Å². The number of rotatable bonds is 4. The Labute approximate surface area is 84.3 Å². The van der Waals surface area contributed by atoms with Crippen LogP contribution in [0.5, 0.6) is 0 Å². The SMILES string of the molecule is O=[N+]([O-])c1cc(CCO)cc([N+](=O)[O-])c1. The number of aliphatic hydroxyl groups is 1. The van der Waals surface area contributed by atoms with E-state index in [1.807, 2.05) is 0 Å². The fourth-order valence-electron chi connectivity index (χ4n) is 1.14. The molecule has 7 nitrogen and oxygen atoms in total. The molecular formula is C8H8N2O5. The third-order valence-electron chi connectivity index (χ3n) is 1.78. The lowest BCUT2D eigenvalue weighted by atomic mass is 10.1. The summed E-state index contributed by atoms with van der Waals surface area (Å²) < 4.78 is 0. The molecule has 0 spiro atoms. The molecule has 1 aromatic carbocycles. The van der Waals surface area contributed by atoms with E-state index in [9.17, 15) is 20.2 Å². The fraction of sp³-hybridized carbons (Fsp3) is 0.250. The lowest BCUT2D eigenvalue weighted by Crippen LogP contribution is -1.97. The largest absolute Gasteiger partial charge is 0.396 e. The highest BCUT2D eigenvalue weighted by molar-refractivity contribution is 5.46. The molecule has 1 aromatic rings. The van der Waals surface area contributed by atoms with Crippen molar-refractivity contribution in [2.75, 3.05) is 6.61 Å². The highest BCUT2D eigenvalue weighted by Gasteiger charge is 2.15. The number of hydrogen-bond donors (Lipinski definition) is 1. The van der Waals surface area contributed by atoms with Gasteiger partial charge in [0.05, 0.1) is 15.9 Å². The molecule has 7 heteroatoms. The third-order valence-corrected chi connectivity index (χ3v) is 1.78. The molecule has 0 radical (unpaired) electrons. The lowest BCUT2D eigenvalue weighted by Gasteiger charge is -1.98. The summed E-state index contributed by atoms with van der Waals surface area (Å²) in [5.41, 5.74) is -0.307. The van der Waals surface area contributed by atoms with Crippen molar-refractivity contribution in [1.29, 1.82) is 0 Å². The molecular weight excluding hydrogens is 204 g/mol. The third kappa shape index (κ3) is 2.71. The van der Waals surface area contributed by atoms with Crippen LogP contribution >= 0.6 is 0 Å². The molecule has 0 saturated carbocycles. The van der Waals surface area contributed by atoms with Crippen molar-refractivity contribution in [2.24, 2.45) is 0 Å². The van der Waals surface area contributed by atoms with Crippen molar-refractivity contribution in [3.63, 3.8) is 0 Å². The van der Waals surface area contributed by atoms with Gasteiger partial charge in [-0.3, -0.25) is 20.2 Å². The first-order valence-electron chi connectivity index (χ1n) is 4.08. The minimum Gasteiger partial charge on any atom is -0.396 e. The molecule has 1 rings (SSSR count). The molecule has 80 valence electrons. The van der Waals surface area contributed by atoms with E-state index in [1.54, 1.807) is 0 Å². The maximum Gasteiger partial charge on any atom is 0.276 e. The highest BCUT2D eigenvalue weighted by atomic mass is 16.6. The van der Waals surface area contributed by atoms with Gasteiger partial charge in [-0.2, -0.15) is 0 Å². The maximum atomic E-state index is 10.5. The second kappa shape index (κ2) is 4.47. The van der Waals surface area contributed by atoms with Crippen LogP contribution in [-0.2, 0) is 6.42 Å². The zero-order chi connectivity index (χ0) is 11.4. The van der Waals surface area contributed by atoms with E-state index >= 15 is 0 Å². The zero-order valence-corrected chi connectivity index (χ0v) is 7.62. The summed E-state index contributed by atoms with van der Waals surface area (Å²) >= 11 is 0. The average molecular weight is 212 g/mol. The number of nitro benzene ring substituents is 2. The normalized spacial score (nSPS) is 9.93. The van der Waals surface area contributed by atoms with Crippen LogP contribution in [0.4, 0.5) is 11.4 Å². The monoisotopic (exact) mass is 212 g/mol. The molecule has 0 aliphatic heterocycles. The van der Waals surface area contributed by atoms with Gasteiger partial charge in [-0.05, 0) is 12.0 Å². The van der Waals surface area contributed by atoms with Crippen molar-refractivity contribution >= 4 is 11.4 Å². The number of aliphatic hydroxyl groups excluding tert-OH is 1. The van der Waals surface area contributed by atoms with Crippen LogP contribution in [0.3, 0.4) is 0 Å². The first-order chi connectivity index (χ1) is 7.04. The summed E-state index contributed by atoms with van der Waals surface area (Å²) in [5, 5.41) is 29.5. The molecule has 0 unspecified atom stereocenters. The fourth-order valence-corrected chi connectivity index (χ4v) is 1.14. The Morgan fingerprint density at radius 3 is 1.87 bits per heavy atom. The maximum absolute atomic E-state index is 10.5.